The number of halogens is 2. The van der Waals surface area contributed by atoms with Crippen LogP contribution in [0.3, 0.4) is 0 Å². The first-order chi connectivity index (χ1) is 14.3. The van der Waals surface area contributed by atoms with Gasteiger partial charge in [-0.3, -0.25) is 4.98 Å². The van der Waals surface area contributed by atoms with Gasteiger partial charge in [0, 0.05) is 28.1 Å². The van der Waals surface area contributed by atoms with Gasteiger partial charge >= 0.3 is 0 Å². The third-order valence-electron chi connectivity index (χ3n) is 4.58. The minimum atomic E-state index is -0.0568. The van der Waals surface area contributed by atoms with Crippen LogP contribution in [0.2, 0.25) is 10.2 Å². The summed E-state index contributed by atoms with van der Waals surface area (Å²) < 4.78 is 12.5. The standard InChI is InChI=1S/C24H22Cl2N2O2/c1-13(2)29-22-17(9-7-15-6-5-11-27-20(15)22)18-10-8-16-12-19(25)24(26)28-21(16)23(18)30-14(3)4/h5-14H,1-4H3. The highest BCUT2D eigenvalue weighted by Gasteiger charge is 2.21. The number of nitrogens with zero attached hydrogens (tertiary/aromatic N) is 2. The summed E-state index contributed by atoms with van der Waals surface area (Å²) in [4.78, 5) is 9.10. The van der Waals surface area contributed by atoms with E-state index in [1.807, 2.05) is 64.1 Å². The van der Waals surface area contributed by atoms with E-state index >= 15 is 0 Å². The van der Waals surface area contributed by atoms with Gasteiger partial charge < -0.3 is 9.47 Å². The molecule has 0 saturated carbocycles. The van der Waals surface area contributed by atoms with Gasteiger partial charge in [0.15, 0.2) is 11.5 Å². The Labute approximate surface area is 185 Å². The van der Waals surface area contributed by atoms with Crippen molar-refractivity contribution in [3.63, 3.8) is 0 Å². The van der Waals surface area contributed by atoms with Crippen molar-refractivity contribution in [2.24, 2.45) is 0 Å². The van der Waals surface area contributed by atoms with E-state index in [1.54, 1.807) is 12.3 Å². The van der Waals surface area contributed by atoms with Crippen LogP contribution in [0, 0.1) is 0 Å². The molecule has 0 aliphatic rings. The summed E-state index contributed by atoms with van der Waals surface area (Å²) in [6, 6.07) is 13.8. The smallest absolute Gasteiger partial charge is 0.153 e. The number of hydrogen-bond acceptors (Lipinski definition) is 4. The minimum absolute atomic E-state index is 0.0161. The van der Waals surface area contributed by atoms with E-state index in [1.165, 1.54) is 0 Å². The third-order valence-corrected chi connectivity index (χ3v) is 5.25. The van der Waals surface area contributed by atoms with Crippen LogP contribution in [-0.4, -0.2) is 22.2 Å². The van der Waals surface area contributed by atoms with Crippen molar-refractivity contribution >= 4 is 45.0 Å². The Morgan fingerprint density at radius 3 is 2.00 bits per heavy atom. The van der Waals surface area contributed by atoms with E-state index in [9.17, 15) is 0 Å². The van der Waals surface area contributed by atoms with Crippen molar-refractivity contribution in [1.29, 1.82) is 0 Å². The second-order valence-corrected chi connectivity index (χ2v) is 8.39. The van der Waals surface area contributed by atoms with Crippen molar-refractivity contribution < 1.29 is 9.47 Å². The number of benzene rings is 2. The highest BCUT2D eigenvalue weighted by molar-refractivity contribution is 6.41. The molecule has 154 valence electrons. The van der Waals surface area contributed by atoms with Gasteiger partial charge in [0.1, 0.15) is 16.2 Å². The van der Waals surface area contributed by atoms with Crippen LogP contribution in [0.15, 0.2) is 48.7 Å². The Hall–Kier alpha value is -2.56. The summed E-state index contributed by atoms with van der Waals surface area (Å²) in [5.74, 6) is 1.36. The maximum absolute atomic E-state index is 6.24. The first-order valence-electron chi connectivity index (χ1n) is 9.85. The molecule has 0 fully saturated rings. The molecule has 0 bridgehead atoms. The average molecular weight is 441 g/mol. The molecular weight excluding hydrogens is 419 g/mol. The molecule has 0 amide bonds. The number of fused-ring (bicyclic) bond motifs is 2. The van der Waals surface area contributed by atoms with Gasteiger partial charge in [-0.05, 0) is 52.0 Å². The lowest BCUT2D eigenvalue weighted by Gasteiger charge is -2.20. The fraction of sp³-hybridized carbons (Fsp3) is 0.250. The van der Waals surface area contributed by atoms with Crippen LogP contribution < -0.4 is 9.47 Å². The largest absolute Gasteiger partial charge is 0.488 e. The summed E-state index contributed by atoms with van der Waals surface area (Å²) in [7, 11) is 0. The predicted octanol–water partition coefficient (Wildman–Crippen LogP) is 7.33. The van der Waals surface area contributed by atoms with Crippen molar-refractivity contribution in [3.05, 3.63) is 58.8 Å². The molecule has 4 nitrogen and oxygen atoms in total. The molecule has 4 aromatic rings. The number of aromatic nitrogens is 2. The van der Waals surface area contributed by atoms with E-state index in [-0.39, 0.29) is 17.4 Å². The predicted molar refractivity (Wildman–Crippen MR) is 124 cm³/mol. The van der Waals surface area contributed by atoms with E-state index in [0.717, 1.165) is 33.2 Å². The van der Waals surface area contributed by atoms with Gasteiger partial charge in [0.05, 0.1) is 17.2 Å². The number of hydrogen-bond donors (Lipinski definition) is 0. The number of pyridine rings is 2. The number of rotatable bonds is 5. The average Bonchev–Trinajstić information content (AvgIpc) is 2.69. The van der Waals surface area contributed by atoms with E-state index < -0.39 is 0 Å². The third kappa shape index (κ3) is 3.90. The quantitative estimate of drug-likeness (QED) is 0.304. The highest BCUT2D eigenvalue weighted by Crippen LogP contribution is 2.44. The van der Waals surface area contributed by atoms with E-state index in [0.29, 0.717) is 16.3 Å². The molecule has 0 unspecified atom stereocenters. The highest BCUT2D eigenvalue weighted by atomic mass is 35.5. The van der Waals surface area contributed by atoms with Crippen molar-refractivity contribution in [2.75, 3.05) is 0 Å². The molecule has 0 atom stereocenters. The van der Waals surface area contributed by atoms with Gasteiger partial charge in [-0.25, -0.2) is 4.98 Å². The van der Waals surface area contributed by atoms with Gasteiger partial charge in [-0.2, -0.15) is 0 Å². The maximum atomic E-state index is 6.24. The molecule has 0 spiro atoms. The summed E-state index contributed by atoms with van der Waals surface area (Å²) in [6.07, 6.45) is 1.70. The summed E-state index contributed by atoms with van der Waals surface area (Å²) >= 11 is 12.4. The van der Waals surface area contributed by atoms with Crippen LogP contribution in [0.1, 0.15) is 27.7 Å². The lowest BCUT2D eigenvalue weighted by molar-refractivity contribution is 0.242. The van der Waals surface area contributed by atoms with Crippen LogP contribution in [-0.2, 0) is 0 Å². The Morgan fingerprint density at radius 1 is 0.767 bits per heavy atom. The zero-order chi connectivity index (χ0) is 21.4. The van der Waals surface area contributed by atoms with Crippen LogP contribution in [0.25, 0.3) is 32.9 Å². The minimum Gasteiger partial charge on any atom is -0.488 e. The molecule has 0 aliphatic heterocycles. The lowest BCUT2D eigenvalue weighted by Crippen LogP contribution is -2.10. The molecule has 0 radical (unpaired) electrons. The molecular formula is C24H22Cl2N2O2. The molecule has 2 aromatic heterocycles. The molecule has 0 saturated heterocycles. The first-order valence-corrected chi connectivity index (χ1v) is 10.6. The van der Waals surface area contributed by atoms with Crippen molar-refractivity contribution in [1.82, 2.24) is 9.97 Å². The monoisotopic (exact) mass is 440 g/mol. The summed E-state index contributed by atoms with van der Waals surface area (Å²) in [5, 5.41) is 2.52. The Kier molecular flexibility index (Phi) is 5.72. The SMILES string of the molecule is CC(C)Oc1c(-c2ccc3cc(Cl)c(Cl)nc3c2OC(C)C)ccc2cccnc12. The van der Waals surface area contributed by atoms with Gasteiger partial charge in [-0.15, -0.1) is 0 Å². The van der Waals surface area contributed by atoms with Gasteiger partial charge in [-0.1, -0.05) is 41.4 Å². The lowest BCUT2D eigenvalue weighted by atomic mass is 9.99. The summed E-state index contributed by atoms with van der Waals surface area (Å²) in [6.45, 7) is 7.96. The topological polar surface area (TPSA) is 44.2 Å². The second-order valence-electron chi connectivity index (χ2n) is 7.63. The number of ether oxygens (including phenoxy) is 2. The summed E-state index contributed by atoms with van der Waals surface area (Å²) in [5.41, 5.74) is 3.22. The van der Waals surface area contributed by atoms with Gasteiger partial charge in [0.2, 0.25) is 0 Å². The van der Waals surface area contributed by atoms with E-state index in [2.05, 4.69) is 9.97 Å². The molecule has 0 N–H and O–H groups in total. The zero-order valence-corrected chi connectivity index (χ0v) is 18.8. The maximum Gasteiger partial charge on any atom is 0.153 e. The van der Waals surface area contributed by atoms with Crippen molar-refractivity contribution in [2.45, 2.75) is 39.9 Å². The zero-order valence-electron chi connectivity index (χ0n) is 17.2. The molecule has 4 rings (SSSR count). The normalized spacial score (nSPS) is 11.6. The van der Waals surface area contributed by atoms with Crippen LogP contribution in [0.5, 0.6) is 11.5 Å². The molecule has 30 heavy (non-hydrogen) atoms. The molecule has 0 aliphatic carbocycles. The van der Waals surface area contributed by atoms with Crippen LogP contribution >= 0.6 is 23.2 Å². The Morgan fingerprint density at radius 2 is 1.37 bits per heavy atom. The molecule has 6 heteroatoms. The van der Waals surface area contributed by atoms with Crippen molar-refractivity contribution in [3.8, 4) is 22.6 Å². The fourth-order valence-corrected chi connectivity index (χ4v) is 3.72. The van der Waals surface area contributed by atoms with Gasteiger partial charge in [0.25, 0.3) is 0 Å². The van der Waals surface area contributed by atoms with E-state index in [4.69, 9.17) is 32.7 Å². The fourth-order valence-electron chi connectivity index (χ4n) is 3.42. The Balaban J connectivity index is 2.05. The second kappa shape index (κ2) is 8.29. The Bertz CT molecular complexity index is 1240. The first kappa shape index (κ1) is 20.7. The molecule has 2 aromatic carbocycles. The van der Waals surface area contributed by atoms with Crippen LogP contribution in [0.4, 0.5) is 0 Å². The molecule has 2 heterocycles.